The standard InChI is InChI=1S/C14H15NS/c1-11(2)13-9-6-10-15-14(13)16-12-7-4-3-5-8-12/h3-11H,1-2H3. The summed E-state index contributed by atoms with van der Waals surface area (Å²) in [6.07, 6.45) is 1.86. The molecule has 0 aliphatic carbocycles. The van der Waals surface area contributed by atoms with E-state index in [1.54, 1.807) is 11.8 Å². The van der Waals surface area contributed by atoms with Crippen LogP contribution in [0, 0.1) is 0 Å². The molecule has 0 atom stereocenters. The van der Waals surface area contributed by atoms with Gasteiger partial charge in [0.1, 0.15) is 5.03 Å². The van der Waals surface area contributed by atoms with Gasteiger partial charge in [-0.15, -0.1) is 0 Å². The number of nitrogens with zero attached hydrogens (tertiary/aromatic N) is 1. The van der Waals surface area contributed by atoms with E-state index in [1.807, 2.05) is 18.3 Å². The fraction of sp³-hybridized carbons (Fsp3) is 0.214. The average molecular weight is 229 g/mol. The molecule has 0 bridgehead atoms. The second kappa shape index (κ2) is 5.17. The van der Waals surface area contributed by atoms with Crippen LogP contribution in [0.1, 0.15) is 25.3 Å². The minimum Gasteiger partial charge on any atom is -0.249 e. The Morgan fingerprint density at radius 2 is 1.75 bits per heavy atom. The number of hydrogen-bond donors (Lipinski definition) is 0. The number of benzene rings is 1. The van der Waals surface area contributed by atoms with Crippen molar-refractivity contribution in [2.75, 3.05) is 0 Å². The van der Waals surface area contributed by atoms with Crippen molar-refractivity contribution in [3.8, 4) is 0 Å². The van der Waals surface area contributed by atoms with Crippen LogP contribution >= 0.6 is 11.8 Å². The first-order valence-electron chi connectivity index (χ1n) is 5.45. The van der Waals surface area contributed by atoms with Crippen molar-refractivity contribution < 1.29 is 0 Å². The molecule has 0 aliphatic heterocycles. The van der Waals surface area contributed by atoms with Crippen molar-refractivity contribution in [3.63, 3.8) is 0 Å². The van der Waals surface area contributed by atoms with Gasteiger partial charge in [0.25, 0.3) is 0 Å². The Labute approximate surface area is 101 Å². The third-order valence-electron chi connectivity index (χ3n) is 2.38. The number of aromatic nitrogens is 1. The van der Waals surface area contributed by atoms with Crippen LogP contribution in [0.3, 0.4) is 0 Å². The van der Waals surface area contributed by atoms with E-state index in [0.29, 0.717) is 5.92 Å². The number of pyridine rings is 1. The zero-order valence-electron chi connectivity index (χ0n) is 9.55. The SMILES string of the molecule is CC(C)c1cccnc1Sc1ccccc1. The molecule has 1 heterocycles. The molecular formula is C14H15NS. The van der Waals surface area contributed by atoms with Crippen LogP contribution in [0.4, 0.5) is 0 Å². The Balaban J connectivity index is 2.28. The van der Waals surface area contributed by atoms with E-state index in [1.165, 1.54) is 10.5 Å². The lowest BCUT2D eigenvalue weighted by Gasteiger charge is -2.10. The highest BCUT2D eigenvalue weighted by atomic mass is 32.2. The maximum atomic E-state index is 4.46. The molecule has 0 saturated heterocycles. The third-order valence-corrected chi connectivity index (χ3v) is 3.42. The Morgan fingerprint density at radius 3 is 2.44 bits per heavy atom. The van der Waals surface area contributed by atoms with Gasteiger partial charge in [0, 0.05) is 11.1 Å². The molecule has 0 fully saturated rings. The highest BCUT2D eigenvalue weighted by Crippen LogP contribution is 2.31. The molecule has 1 aromatic heterocycles. The predicted octanol–water partition coefficient (Wildman–Crippen LogP) is 4.36. The van der Waals surface area contributed by atoms with Crippen LogP contribution < -0.4 is 0 Å². The molecule has 82 valence electrons. The molecule has 0 amide bonds. The Morgan fingerprint density at radius 1 is 1.00 bits per heavy atom. The van der Waals surface area contributed by atoms with Crippen molar-refractivity contribution in [3.05, 3.63) is 54.2 Å². The van der Waals surface area contributed by atoms with Crippen molar-refractivity contribution in [2.24, 2.45) is 0 Å². The lowest BCUT2D eigenvalue weighted by atomic mass is 10.1. The quantitative estimate of drug-likeness (QED) is 0.775. The molecule has 1 nitrogen and oxygen atoms in total. The largest absolute Gasteiger partial charge is 0.249 e. The maximum absolute atomic E-state index is 4.46. The summed E-state index contributed by atoms with van der Waals surface area (Å²) in [5, 5.41) is 1.11. The fourth-order valence-electron chi connectivity index (χ4n) is 1.53. The van der Waals surface area contributed by atoms with Crippen molar-refractivity contribution >= 4 is 11.8 Å². The first kappa shape index (κ1) is 11.2. The van der Waals surface area contributed by atoms with E-state index >= 15 is 0 Å². The van der Waals surface area contributed by atoms with Gasteiger partial charge in [-0.3, -0.25) is 0 Å². The summed E-state index contributed by atoms with van der Waals surface area (Å²) in [4.78, 5) is 5.70. The molecule has 1 aromatic carbocycles. The molecule has 0 unspecified atom stereocenters. The lowest BCUT2D eigenvalue weighted by molar-refractivity contribution is 0.819. The summed E-state index contributed by atoms with van der Waals surface area (Å²) in [6, 6.07) is 14.5. The molecule has 16 heavy (non-hydrogen) atoms. The zero-order chi connectivity index (χ0) is 11.4. The van der Waals surface area contributed by atoms with E-state index < -0.39 is 0 Å². The molecule has 2 aromatic rings. The predicted molar refractivity (Wildman–Crippen MR) is 68.9 cm³/mol. The van der Waals surface area contributed by atoms with Crippen molar-refractivity contribution in [2.45, 2.75) is 29.7 Å². The summed E-state index contributed by atoms with van der Waals surface area (Å²) in [7, 11) is 0. The highest BCUT2D eigenvalue weighted by Gasteiger charge is 2.08. The summed E-state index contributed by atoms with van der Waals surface area (Å²) in [6.45, 7) is 4.40. The summed E-state index contributed by atoms with van der Waals surface area (Å²) < 4.78 is 0. The molecule has 0 N–H and O–H groups in total. The number of rotatable bonds is 3. The minimum absolute atomic E-state index is 0.514. The topological polar surface area (TPSA) is 12.9 Å². The molecule has 0 radical (unpaired) electrons. The van der Waals surface area contributed by atoms with E-state index in [0.717, 1.165) is 5.03 Å². The van der Waals surface area contributed by atoms with Gasteiger partial charge in [-0.25, -0.2) is 4.98 Å². The summed E-state index contributed by atoms with van der Waals surface area (Å²) in [5.74, 6) is 0.514. The molecular weight excluding hydrogens is 214 g/mol. The van der Waals surface area contributed by atoms with Crippen molar-refractivity contribution in [1.29, 1.82) is 0 Å². The van der Waals surface area contributed by atoms with E-state index in [9.17, 15) is 0 Å². The Bertz CT molecular complexity index is 451. The van der Waals surface area contributed by atoms with Gasteiger partial charge in [-0.1, -0.05) is 49.9 Å². The maximum Gasteiger partial charge on any atom is 0.104 e. The highest BCUT2D eigenvalue weighted by molar-refractivity contribution is 7.99. The van der Waals surface area contributed by atoms with Crippen LogP contribution in [-0.2, 0) is 0 Å². The second-order valence-corrected chi connectivity index (χ2v) is 5.03. The summed E-state index contributed by atoms with van der Waals surface area (Å²) >= 11 is 1.73. The normalized spacial score (nSPS) is 10.7. The van der Waals surface area contributed by atoms with E-state index in [4.69, 9.17) is 0 Å². The molecule has 2 rings (SSSR count). The number of hydrogen-bond acceptors (Lipinski definition) is 2. The lowest BCUT2D eigenvalue weighted by Crippen LogP contribution is -1.92. The molecule has 0 aliphatic rings. The van der Waals surface area contributed by atoms with Crippen molar-refractivity contribution in [1.82, 2.24) is 4.98 Å². The van der Waals surface area contributed by atoms with Gasteiger partial charge in [0.05, 0.1) is 0 Å². The first-order valence-corrected chi connectivity index (χ1v) is 6.27. The Hall–Kier alpha value is -1.28. The van der Waals surface area contributed by atoms with Gasteiger partial charge in [-0.05, 0) is 29.7 Å². The third kappa shape index (κ3) is 2.64. The van der Waals surface area contributed by atoms with Gasteiger partial charge >= 0.3 is 0 Å². The van der Waals surface area contributed by atoms with Crippen LogP contribution in [0.5, 0.6) is 0 Å². The van der Waals surface area contributed by atoms with Crippen LogP contribution in [0.2, 0.25) is 0 Å². The van der Waals surface area contributed by atoms with E-state index in [2.05, 4.69) is 49.2 Å². The molecule has 2 heteroatoms. The van der Waals surface area contributed by atoms with Crippen LogP contribution in [0.15, 0.2) is 58.6 Å². The monoisotopic (exact) mass is 229 g/mol. The van der Waals surface area contributed by atoms with Crippen LogP contribution in [0.25, 0.3) is 0 Å². The summed E-state index contributed by atoms with van der Waals surface area (Å²) in [5.41, 5.74) is 1.32. The van der Waals surface area contributed by atoms with Crippen LogP contribution in [-0.4, -0.2) is 4.98 Å². The van der Waals surface area contributed by atoms with Gasteiger partial charge in [0.15, 0.2) is 0 Å². The molecule has 0 spiro atoms. The average Bonchev–Trinajstić information content (AvgIpc) is 2.31. The molecule has 0 saturated carbocycles. The fourth-order valence-corrected chi connectivity index (χ4v) is 2.58. The minimum atomic E-state index is 0.514. The smallest absolute Gasteiger partial charge is 0.104 e. The van der Waals surface area contributed by atoms with E-state index in [-0.39, 0.29) is 0 Å². The van der Waals surface area contributed by atoms with Gasteiger partial charge in [0.2, 0.25) is 0 Å². The first-order chi connectivity index (χ1) is 7.77. The Kier molecular flexibility index (Phi) is 3.62. The van der Waals surface area contributed by atoms with Gasteiger partial charge in [-0.2, -0.15) is 0 Å². The zero-order valence-corrected chi connectivity index (χ0v) is 10.4. The second-order valence-electron chi connectivity index (χ2n) is 3.97. The van der Waals surface area contributed by atoms with Gasteiger partial charge < -0.3 is 0 Å².